The van der Waals surface area contributed by atoms with Crippen molar-refractivity contribution in [1.82, 2.24) is 0 Å². The first-order valence-corrected chi connectivity index (χ1v) is 14.9. The fraction of sp³-hybridized carbons (Fsp3) is 0.967. The average molecular weight is 453 g/mol. The van der Waals surface area contributed by atoms with E-state index in [1.54, 1.807) is 0 Å². The lowest BCUT2D eigenvalue weighted by molar-refractivity contribution is -0.149. The monoisotopic (exact) mass is 452 g/mol. The van der Waals surface area contributed by atoms with Gasteiger partial charge in [-0.15, -0.1) is 0 Å². The van der Waals surface area contributed by atoms with Crippen molar-refractivity contribution in [3.63, 3.8) is 0 Å². The van der Waals surface area contributed by atoms with Crippen molar-refractivity contribution in [3.8, 4) is 0 Å². The Hall–Kier alpha value is -0.530. The molecule has 0 rings (SSSR count). The molecular formula is C30H60O2. The van der Waals surface area contributed by atoms with E-state index in [0.717, 1.165) is 19.3 Å². The van der Waals surface area contributed by atoms with Gasteiger partial charge in [-0.2, -0.15) is 0 Å². The van der Waals surface area contributed by atoms with E-state index >= 15 is 0 Å². The zero-order chi connectivity index (χ0) is 23.5. The summed E-state index contributed by atoms with van der Waals surface area (Å²) in [5.41, 5.74) is 0. The van der Waals surface area contributed by atoms with Gasteiger partial charge in [0, 0.05) is 0 Å². The largest absolute Gasteiger partial charge is 0.465 e. The van der Waals surface area contributed by atoms with Gasteiger partial charge in [-0.1, -0.05) is 156 Å². The SMILES string of the molecule is CCCCCCCCCCCCC(CCCCCC)C(=O)OCCCCCCCCCC. The molecule has 2 nitrogen and oxygen atoms in total. The Bertz CT molecular complexity index is 366. The maximum atomic E-state index is 12.7. The quantitative estimate of drug-likeness (QED) is 0.0963. The van der Waals surface area contributed by atoms with Crippen molar-refractivity contribution in [3.05, 3.63) is 0 Å². The molecule has 0 heterocycles. The smallest absolute Gasteiger partial charge is 0.308 e. The normalized spacial score (nSPS) is 12.2. The highest BCUT2D eigenvalue weighted by Crippen LogP contribution is 2.21. The Kier molecular flexibility index (Phi) is 26.3. The van der Waals surface area contributed by atoms with E-state index in [0.29, 0.717) is 6.61 Å². The lowest BCUT2D eigenvalue weighted by atomic mass is 9.94. The standard InChI is InChI=1S/C30H60O2/c1-4-7-10-13-15-17-18-19-21-24-27-29(26-23-12-9-6-3)30(31)32-28-25-22-20-16-14-11-8-5-2/h29H,4-28H2,1-3H3. The van der Waals surface area contributed by atoms with Gasteiger partial charge in [0.2, 0.25) is 0 Å². The Morgan fingerprint density at radius 1 is 0.469 bits per heavy atom. The lowest BCUT2D eigenvalue weighted by Crippen LogP contribution is -2.18. The second kappa shape index (κ2) is 26.7. The molecule has 1 unspecified atom stereocenters. The van der Waals surface area contributed by atoms with Gasteiger partial charge in [0.25, 0.3) is 0 Å². The third-order valence-corrected chi connectivity index (χ3v) is 6.89. The van der Waals surface area contributed by atoms with Crippen LogP contribution in [0.5, 0.6) is 0 Å². The number of esters is 1. The molecule has 0 saturated carbocycles. The topological polar surface area (TPSA) is 26.3 Å². The van der Waals surface area contributed by atoms with Gasteiger partial charge in [-0.05, 0) is 19.3 Å². The summed E-state index contributed by atoms with van der Waals surface area (Å²) in [4.78, 5) is 12.7. The Balaban J connectivity index is 3.89. The van der Waals surface area contributed by atoms with E-state index in [-0.39, 0.29) is 11.9 Å². The van der Waals surface area contributed by atoms with Crippen LogP contribution in [0.25, 0.3) is 0 Å². The summed E-state index contributed by atoms with van der Waals surface area (Å²) in [6.07, 6.45) is 30.9. The zero-order valence-corrected chi connectivity index (χ0v) is 22.6. The van der Waals surface area contributed by atoms with Crippen LogP contribution in [-0.4, -0.2) is 12.6 Å². The molecule has 1 atom stereocenters. The second-order valence-corrected chi connectivity index (χ2v) is 10.2. The highest BCUT2D eigenvalue weighted by atomic mass is 16.5. The van der Waals surface area contributed by atoms with E-state index < -0.39 is 0 Å². The van der Waals surface area contributed by atoms with E-state index in [4.69, 9.17) is 4.74 Å². The molecule has 0 aromatic heterocycles. The molecule has 0 spiro atoms. The molecule has 0 aliphatic heterocycles. The number of rotatable bonds is 26. The van der Waals surface area contributed by atoms with Crippen LogP contribution in [-0.2, 0) is 9.53 Å². The minimum atomic E-state index is 0.0976. The van der Waals surface area contributed by atoms with Crippen molar-refractivity contribution in [2.45, 2.75) is 175 Å². The summed E-state index contributed by atoms with van der Waals surface area (Å²) >= 11 is 0. The highest BCUT2D eigenvalue weighted by Gasteiger charge is 2.19. The van der Waals surface area contributed by atoms with Crippen LogP contribution >= 0.6 is 0 Å². The van der Waals surface area contributed by atoms with Crippen molar-refractivity contribution >= 4 is 5.97 Å². The third-order valence-electron chi connectivity index (χ3n) is 6.89. The van der Waals surface area contributed by atoms with Gasteiger partial charge in [-0.3, -0.25) is 4.79 Å². The first-order chi connectivity index (χ1) is 15.8. The van der Waals surface area contributed by atoms with Crippen LogP contribution in [0.1, 0.15) is 175 Å². The number of carbonyl (C=O) groups excluding carboxylic acids is 1. The molecule has 0 aliphatic rings. The molecule has 32 heavy (non-hydrogen) atoms. The van der Waals surface area contributed by atoms with E-state index in [1.807, 2.05) is 0 Å². The lowest BCUT2D eigenvalue weighted by Gasteiger charge is -2.16. The van der Waals surface area contributed by atoms with Crippen molar-refractivity contribution in [2.75, 3.05) is 6.61 Å². The van der Waals surface area contributed by atoms with E-state index in [2.05, 4.69) is 20.8 Å². The van der Waals surface area contributed by atoms with Crippen LogP contribution in [0.15, 0.2) is 0 Å². The molecule has 0 fully saturated rings. The molecule has 0 aromatic rings. The van der Waals surface area contributed by atoms with Gasteiger partial charge in [-0.25, -0.2) is 0 Å². The van der Waals surface area contributed by atoms with Crippen LogP contribution in [0.3, 0.4) is 0 Å². The summed E-state index contributed by atoms with van der Waals surface area (Å²) < 4.78 is 5.71. The van der Waals surface area contributed by atoms with Crippen LogP contribution in [0.2, 0.25) is 0 Å². The molecule has 0 amide bonds. The number of hydrogen-bond acceptors (Lipinski definition) is 2. The van der Waals surface area contributed by atoms with Gasteiger partial charge < -0.3 is 4.74 Å². The van der Waals surface area contributed by atoms with Crippen LogP contribution in [0, 0.1) is 5.92 Å². The predicted octanol–water partition coefficient (Wildman–Crippen LogP) is 10.6. The Labute approximate surface area is 203 Å². The molecule has 0 radical (unpaired) electrons. The van der Waals surface area contributed by atoms with Crippen LogP contribution in [0.4, 0.5) is 0 Å². The van der Waals surface area contributed by atoms with E-state index in [9.17, 15) is 4.79 Å². The number of carbonyl (C=O) groups is 1. The van der Waals surface area contributed by atoms with Gasteiger partial charge in [0.1, 0.15) is 0 Å². The zero-order valence-electron chi connectivity index (χ0n) is 22.6. The maximum Gasteiger partial charge on any atom is 0.308 e. The molecular weight excluding hydrogens is 392 g/mol. The van der Waals surface area contributed by atoms with Crippen LogP contribution < -0.4 is 0 Å². The summed E-state index contributed by atoms with van der Waals surface area (Å²) in [6.45, 7) is 7.43. The Morgan fingerprint density at radius 2 is 0.781 bits per heavy atom. The number of hydrogen-bond donors (Lipinski definition) is 0. The molecule has 192 valence electrons. The average Bonchev–Trinajstić information content (AvgIpc) is 2.80. The first kappa shape index (κ1) is 31.5. The molecule has 0 aliphatic carbocycles. The van der Waals surface area contributed by atoms with Crippen molar-refractivity contribution in [1.29, 1.82) is 0 Å². The Morgan fingerprint density at radius 3 is 1.19 bits per heavy atom. The van der Waals surface area contributed by atoms with Gasteiger partial charge >= 0.3 is 5.97 Å². The van der Waals surface area contributed by atoms with Crippen molar-refractivity contribution in [2.24, 2.45) is 5.92 Å². The van der Waals surface area contributed by atoms with Crippen molar-refractivity contribution < 1.29 is 9.53 Å². The predicted molar refractivity (Wildman–Crippen MR) is 142 cm³/mol. The summed E-state index contributed by atoms with van der Waals surface area (Å²) in [5.74, 6) is 0.246. The molecule has 0 bridgehead atoms. The highest BCUT2D eigenvalue weighted by molar-refractivity contribution is 5.72. The minimum Gasteiger partial charge on any atom is -0.465 e. The molecule has 0 N–H and O–H groups in total. The fourth-order valence-electron chi connectivity index (χ4n) is 4.60. The number of unbranched alkanes of at least 4 members (excludes halogenated alkanes) is 19. The fourth-order valence-corrected chi connectivity index (χ4v) is 4.60. The maximum absolute atomic E-state index is 12.7. The summed E-state index contributed by atoms with van der Waals surface area (Å²) in [6, 6.07) is 0. The molecule has 0 saturated heterocycles. The second-order valence-electron chi connectivity index (χ2n) is 10.2. The summed E-state index contributed by atoms with van der Waals surface area (Å²) in [7, 11) is 0. The first-order valence-electron chi connectivity index (χ1n) is 14.9. The van der Waals surface area contributed by atoms with E-state index in [1.165, 1.54) is 135 Å². The summed E-state index contributed by atoms with van der Waals surface area (Å²) in [5, 5.41) is 0. The molecule has 0 aromatic carbocycles. The van der Waals surface area contributed by atoms with Gasteiger partial charge in [0.15, 0.2) is 0 Å². The third kappa shape index (κ3) is 22.7. The minimum absolute atomic E-state index is 0.0976. The molecule has 2 heteroatoms. The number of ether oxygens (including phenoxy) is 1. The van der Waals surface area contributed by atoms with Gasteiger partial charge in [0.05, 0.1) is 12.5 Å².